The van der Waals surface area contributed by atoms with Gasteiger partial charge in [-0.15, -0.1) is 0 Å². The Kier molecular flexibility index (Phi) is 5.53. The molecule has 0 amide bonds. The normalized spacial score (nSPS) is 10.6. The Hall–Kier alpha value is -1.86. The van der Waals surface area contributed by atoms with E-state index in [0.717, 1.165) is 18.8 Å². The Labute approximate surface area is 115 Å². The Bertz CT molecular complexity index is 489. The van der Waals surface area contributed by atoms with Gasteiger partial charge in [-0.1, -0.05) is 0 Å². The molecule has 0 bridgehead atoms. The van der Waals surface area contributed by atoms with Gasteiger partial charge in [-0.2, -0.15) is 5.26 Å². The first-order valence-corrected chi connectivity index (χ1v) is 6.45. The fourth-order valence-corrected chi connectivity index (χ4v) is 1.69. The summed E-state index contributed by atoms with van der Waals surface area (Å²) in [7, 11) is 2.06. The number of rotatable bonds is 6. The first-order chi connectivity index (χ1) is 8.95. The molecule has 0 aliphatic heterocycles. The van der Waals surface area contributed by atoms with E-state index in [9.17, 15) is 4.79 Å². The predicted octanol–water partition coefficient (Wildman–Crippen LogP) is 2.51. The molecule has 0 fully saturated rings. The van der Waals surface area contributed by atoms with Crippen LogP contribution in [0.1, 0.15) is 36.7 Å². The van der Waals surface area contributed by atoms with E-state index in [4.69, 9.17) is 5.26 Å². The van der Waals surface area contributed by atoms with E-state index < -0.39 is 0 Å². The molecule has 0 unspecified atom stereocenters. The molecule has 1 aromatic rings. The molecule has 1 N–H and O–H groups in total. The summed E-state index contributed by atoms with van der Waals surface area (Å²) >= 11 is 0. The topological polar surface area (TPSA) is 56.1 Å². The maximum atomic E-state index is 11.5. The molecule has 1 aromatic carbocycles. The highest BCUT2D eigenvalue weighted by Gasteiger charge is 2.09. The fraction of sp³-hybridized carbons (Fsp3) is 0.467. The maximum Gasteiger partial charge on any atom is 0.161 e. The van der Waals surface area contributed by atoms with Crippen LogP contribution < -0.4 is 5.32 Å². The van der Waals surface area contributed by atoms with Gasteiger partial charge in [0.1, 0.15) is 0 Å². The summed E-state index contributed by atoms with van der Waals surface area (Å²) in [5.41, 5.74) is 1.93. The van der Waals surface area contributed by atoms with Crippen LogP contribution in [0.15, 0.2) is 18.2 Å². The standard InChI is InChI=1S/C15H21N3O/c1-11(2)18(4)8-7-17-15-9-13(10-16)5-6-14(15)12(3)19/h5-6,9,11,17H,7-8H2,1-4H3. The van der Waals surface area contributed by atoms with Crippen molar-refractivity contribution in [3.63, 3.8) is 0 Å². The van der Waals surface area contributed by atoms with Crippen LogP contribution in [0, 0.1) is 11.3 Å². The molecule has 0 aromatic heterocycles. The number of anilines is 1. The van der Waals surface area contributed by atoms with Gasteiger partial charge in [0.25, 0.3) is 0 Å². The molecule has 0 saturated heterocycles. The average Bonchev–Trinajstić information content (AvgIpc) is 2.37. The van der Waals surface area contributed by atoms with Crippen LogP contribution in [0.3, 0.4) is 0 Å². The minimum absolute atomic E-state index is 0.00389. The van der Waals surface area contributed by atoms with Crippen molar-refractivity contribution in [2.75, 3.05) is 25.5 Å². The quantitative estimate of drug-likeness (QED) is 0.798. The molecule has 0 atom stereocenters. The Morgan fingerprint density at radius 1 is 1.47 bits per heavy atom. The van der Waals surface area contributed by atoms with Gasteiger partial charge >= 0.3 is 0 Å². The highest BCUT2D eigenvalue weighted by molar-refractivity contribution is 5.99. The van der Waals surface area contributed by atoms with Crippen molar-refractivity contribution in [2.24, 2.45) is 0 Å². The summed E-state index contributed by atoms with van der Waals surface area (Å²) in [5, 5.41) is 12.1. The first-order valence-electron chi connectivity index (χ1n) is 6.45. The predicted molar refractivity (Wildman–Crippen MR) is 77.4 cm³/mol. The third-order valence-electron chi connectivity index (χ3n) is 3.19. The van der Waals surface area contributed by atoms with Crippen LogP contribution in [0.4, 0.5) is 5.69 Å². The second kappa shape index (κ2) is 6.91. The Morgan fingerprint density at radius 2 is 2.16 bits per heavy atom. The molecule has 0 saturated carbocycles. The Balaban J connectivity index is 2.76. The minimum Gasteiger partial charge on any atom is -0.383 e. The van der Waals surface area contributed by atoms with E-state index in [2.05, 4.69) is 37.2 Å². The minimum atomic E-state index is 0.00389. The summed E-state index contributed by atoms with van der Waals surface area (Å²) < 4.78 is 0. The van der Waals surface area contributed by atoms with Crippen molar-refractivity contribution >= 4 is 11.5 Å². The van der Waals surface area contributed by atoms with Crippen LogP contribution in [0.2, 0.25) is 0 Å². The number of hydrogen-bond acceptors (Lipinski definition) is 4. The van der Waals surface area contributed by atoms with Crippen LogP contribution in [0.5, 0.6) is 0 Å². The summed E-state index contributed by atoms with van der Waals surface area (Å²) in [6, 6.07) is 7.68. The molecule has 1 rings (SSSR count). The number of Topliss-reactive ketones (excluding diaryl/α,β-unsaturated/α-hetero) is 1. The molecule has 0 spiro atoms. The van der Waals surface area contributed by atoms with Crippen molar-refractivity contribution < 1.29 is 4.79 Å². The van der Waals surface area contributed by atoms with Crippen molar-refractivity contribution in [1.82, 2.24) is 4.90 Å². The number of nitrogens with one attached hydrogen (secondary N) is 1. The van der Waals surface area contributed by atoms with Crippen molar-refractivity contribution in [2.45, 2.75) is 26.8 Å². The Morgan fingerprint density at radius 3 is 2.68 bits per heavy atom. The van der Waals surface area contributed by atoms with Crippen LogP contribution >= 0.6 is 0 Å². The largest absolute Gasteiger partial charge is 0.383 e. The first kappa shape index (κ1) is 15.2. The van der Waals surface area contributed by atoms with Crippen molar-refractivity contribution in [3.05, 3.63) is 29.3 Å². The molecular formula is C15H21N3O. The maximum absolute atomic E-state index is 11.5. The lowest BCUT2D eigenvalue weighted by Gasteiger charge is -2.21. The van der Waals surface area contributed by atoms with Gasteiger partial charge in [0.05, 0.1) is 11.6 Å². The SMILES string of the molecule is CC(=O)c1ccc(C#N)cc1NCCN(C)C(C)C. The lowest BCUT2D eigenvalue weighted by atomic mass is 10.1. The lowest BCUT2D eigenvalue weighted by molar-refractivity contribution is 0.101. The van der Waals surface area contributed by atoms with Gasteiger partial charge < -0.3 is 10.2 Å². The zero-order chi connectivity index (χ0) is 14.4. The molecule has 0 heterocycles. The zero-order valence-electron chi connectivity index (χ0n) is 12.0. The highest BCUT2D eigenvalue weighted by Crippen LogP contribution is 2.18. The zero-order valence-corrected chi connectivity index (χ0v) is 12.0. The molecule has 4 heteroatoms. The smallest absolute Gasteiger partial charge is 0.161 e. The molecule has 0 radical (unpaired) electrons. The number of ketones is 1. The summed E-state index contributed by atoms with van der Waals surface area (Å²) in [6.45, 7) is 7.43. The summed E-state index contributed by atoms with van der Waals surface area (Å²) in [4.78, 5) is 13.8. The average molecular weight is 259 g/mol. The van der Waals surface area contributed by atoms with Gasteiger partial charge in [-0.25, -0.2) is 0 Å². The van der Waals surface area contributed by atoms with E-state index in [1.807, 2.05) is 0 Å². The molecule has 0 aliphatic carbocycles. The lowest BCUT2D eigenvalue weighted by Crippen LogP contribution is -2.31. The van der Waals surface area contributed by atoms with Gasteiger partial charge in [0.2, 0.25) is 0 Å². The number of nitriles is 1. The number of likely N-dealkylation sites (N-methyl/N-ethyl adjacent to an activating group) is 1. The number of hydrogen-bond donors (Lipinski definition) is 1. The summed E-state index contributed by atoms with van der Waals surface area (Å²) in [6.07, 6.45) is 0. The number of carbonyl (C=O) groups is 1. The van der Waals surface area contributed by atoms with E-state index in [0.29, 0.717) is 17.2 Å². The molecular weight excluding hydrogens is 238 g/mol. The van der Waals surface area contributed by atoms with E-state index in [1.165, 1.54) is 6.92 Å². The van der Waals surface area contributed by atoms with Gasteiger partial charge in [-0.3, -0.25) is 4.79 Å². The second-order valence-electron chi connectivity index (χ2n) is 4.93. The van der Waals surface area contributed by atoms with Crippen LogP contribution in [-0.2, 0) is 0 Å². The number of nitrogens with zero attached hydrogens (tertiary/aromatic N) is 2. The van der Waals surface area contributed by atoms with Crippen LogP contribution in [-0.4, -0.2) is 36.9 Å². The molecule has 4 nitrogen and oxygen atoms in total. The van der Waals surface area contributed by atoms with Crippen molar-refractivity contribution in [3.8, 4) is 6.07 Å². The molecule has 19 heavy (non-hydrogen) atoms. The monoisotopic (exact) mass is 259 g/mol. The van der Waals surface area contributed by atoms with Gasteiger partial charge in [0, 0.05) is 30.4 Å². The van der Waals surface area contributed by atoms with E-state index >= 15 is 0 Å². The molecule has 102 valence electrons. The number of carbonyl (C=O) groups excluding carboxylic acids is 1. The highest BCUT2D eigenvalue weighted by atomic mass is 16.1. The molecule has 0 aliphatic rings. The van der Waals surface area contributed by atoms with E-state index in [1.54, 1.807) is 18.2 Å². The van der Waals surface area contributed by atoms with E-state index in [-0.39, 0.29) is 5.78 Å². The fourth-order valence-electron chi connectivity index (χ4n) is 1.69. The van der Waals surface area contributed by atoms with Gasteiger partial charge in [0.15, 0.2) is 5.78 Å². The van der Waals surface area contributed by atoms with Crippen molar-refractivity contribution in [1.29, 1.82) is 5.26 Å². The van der Waals surface area contributed by atoms with Crippen LogP contribution in [0.25, 0.3) is 0 Å². The van der Waals surface area contributed by atoms with Gasteiger partial charge in [-0.05, 0) is 46.0 Å². The summed E-state index contributed by atoms with van der Waals surface area (Å²) in [5.74, 6) is 0.00389. The third-order valence-corrected chi connectivity index (χ3v) is 3.19. The number of benzene rings is 1. The third kappa shape index (κ3) is 4.38. The second-order valence-corrected chi connectivity index (χ2v) is 4.93.